The molecule has 18 heavy (non-hydrogen) atoms. The Morgan fingerprint density at radius 2 is 2.06 bits per heavy atom. The van der Waals surface area contributed by atoms with Crippen LogP contribution in [0.15, 0.2) is 12.1 Å². The minimum absolute atomic E-state index is 0.0678. The molecule has 1 aromatic carbocycles. The molecule has 0 fully saturated rings. The van der Waals surface area contributed by atoms with E-state index >= 15 is 0 Å². The number of hydrogen-bond donors (Lipinski definition) is 1. The molecule has 0 atom stereocenters. The first-order valence-corrected chi connectivity index (χ1v) is 6.31. The van der Waals surface area contributed by atoms with Crippen molar-refractivity contribution in [2.45, 2.75) is 26.2 Å². The average molecular weight is 249 g/mol. The van der Waals surface area contributed by atoms with Crippen LogP contribution in [0.3, 0.4) is 0 Å². The van der Waals surface area contributed by atoms with Crippen LogP contribution in [0.1, 0.15) is 42.1 Å². The molecule has 0 amide bonds. The van der Waals surface area contributed by atoms with E-state index < -0.39 is 0 Å². The lowest BCUT2D eigenvalue weighted by Gasteiger charge is -2.24. The summed E-state index contributed by atoms with van der Waals surface area (Å²) in [5, 5.41) is 0. The van der Waals surface area contributed by atoms with Gasteiger partial charge in [-0.2, -0.15) is 0 Å². The molecule has 1 aliphatic heterocycles. The zero-order valence-corrected chi connectivity index (χ0v) is 10.9. The Labute approximate surface area is 107 Å². The van der Waals surface area contributed by atoms with Gasteiger partial charge in [0.2, 0.25) is 0 Å². The van der Waals surface area contributed by atoms with E-state index in [2.05, 4.69) is 0 Å². The maximum atomic E-state index is 12.1. The summed E-state index contributed by atoms with van der Waals surface area (Å²) in [5.41, 5.74) is 7.10. The molecule has 0 aliphatic carbocycles. The molecule has 1 heterocycles. The quantitative estimate of drug-likeness (QED) is 0.830. The van der Waals surface area contributed by atoms with Gasteiger partial charge in [-0.25, -0.2) is 0 Å². The fourth-order valence-corrected chi connectivity index (χ4v) is 2.22. The van der Waals surface area contributed by atoms with Crippen molar-refractivity contribution in [1.29, 1.82) is 0 Å². The van der Waals surface area contributed by atoms with Crippen molar-refractivity contribution in [3.63, 3.8) is 0 Å². The zero-order chi connectivity index (χ0) is 13.1. The molecule has 98 valence electrons. The van der Waals surface area contributed by atoms with E-state index in [0.717, 1.165) is 17.1 Å². The number of benzene rings is 1. The molecule has 0 aromatic heterocycles. The maximum absolute atomic E-state index is 12.1. The van der Waals surface area contributed by atoms with Gasteiger partial charge in [0, 0.05) is 17.5 Å². The lowest BCUT2D eigenvalue weighted by Crippen LogP contribution is -2.19. The Kier molecular flexibility index (Phi) is 3.87. The highest BCUT2D eigenvalue weighted by molar-refractivity contribution is 5.98. The van der Waals surface area contributed by atoms with Gasteiger partial charge in [0.15, 0.2) is 17.3 Å². The first kappa shape index (κ1) is 12.9. The van der Waals surface area contributed by atoms with Gasteiger partial charge in [0.25, 0.3) is 0 Å². The van der Waals surface area contributed by atoms with E-state index in [1.807, 2.05) is 26.0 Å². The summed E-state index contributed by atoms with van der Waals surface area (Å²) in [5.74, 6) is 1.73. The van der Waals surface area contributed by atoms with Crippen molar-refractivity contribution in [1.82, 2.24) is 0 Å². The molecule has 2 N–H and O–H groups in total. The summed E-state index contributed by atoms with van der Waals surface area (Å²) in [6.45, 7) is 5.55. The van der Waals surface area contributed by atoms with Crippen LogP contribution in [0.2, 0.25) is 0 Å². The van der Waals surface area contributed by atoms with Gasteiger partial charge in [-0.05, 0) is 24.6 Å². The normalized spacial score (nSPS) is 13.8. The molecule has 0 saturated carbocycles. The van der Waals surface area contributed by atoms with Crippen molar-refractivity contribution in [3.05, 3.63) is 23.3 Å². The SMILES string of the molecule is CC(C)c1c(C(=O)CCN)ccc2c1OCCO2. The van der Waals surface area contributed by atoms with E-state index in [1.165, 1.54) is 0 Å². The molecule has 0 radical (unpaired) electrons. The number of nitrogens with two attached hydrogens (primary N) is 1. The summed E-state index contributed by atoms with van der Waals surface area (Å²) in [7, 11) is 0. The zero-order valence-electron chi connectivity index (χ0n) is 10.9. The topological polar surface area (TPSA) is 61.6 Å². The summed E-state index contributed by atoms with van der Waals surface area (Å²) >= 11 is 0. The molecule has 4 nitrogen and oxygen atoms in total. The van der Waals surface area contributed by atoms with Crippen LogP contribution >= 0.6 is 0 Å². The van der Waals surface area contributed by atoms with Gasteiger partial charge in [-0.15, -0.1) is 0 Å². The second kappa shape index (κ2) is 5.40. The molecule has 4 heteroatoms. The van der Waals surface area contributed by atoms with E-state index in [-0.39, 0.29) is 11.7 Å². The van der Waals surface area contributed by atoms with Gasteiger partial charge in [0.1, 0.15) is 13.2 Å². The van der Waals surface area contributed by atoms with Crippen molar-refractivity contribution in [2.24, 2.45) is 5.73 Å². The Morgan fingerprint density at radius 3 is 2.72 bits per heavy atom. The fraction of sp³-hybridized carbons (Fsp3) is 0.500. The Bertz CT molecular complexity index is 455. The highest BCUT2D eigenvalue weighted by Crippen LogP contribution is 2.40. The van der Waals surface area contributed by atoms with Gasteiger partial charge in [-0.1, -0.05) is 13.8 Å². The summed E-state index contributed by atoms with van der Waals surface area (Å²) < 4.78 is 11.2. The summed E-state index contributed by atoms with van der Waals surface area (Å²) in [6.07, 6.45) is 0.360. The molecule has 0 bridgehead atoms. The van der Waals surface area contributed by atoms with Crippen molar-refractivity contribution < 1.29 is 14.3 Å². The molecule has 2 rings (SSSR count). The van der Waals surface area contributed by atoms with E-state index in [4.69, 9.17) is 15.2 Å². The van der Waals surface area contributed by atoms with Crippen LogP contribution in [0, 0.1) is 0 Å². The standard InChI is InChI=1S/C14H19NO3/c1-9(2)13-10(11(16)5-6-15)3-4-12-14(13)18-8-7-17-12/h3-4,9H,5-8,15H2,1-2H3. The predicted molar refractivity (Wildman–Crippen MR) is 69.5 cm³/mol. The Balaban J connectivity index is 2.50. The van der Waals surface area contributed by atoms with Crippen molar-refractivity contribution in [3.8, 4) is 11.5 Å². The van der Waals surface area contributed by atoms with Crippen LogP contribution < -0.4 is 15.2 Å². The second-order valence-corrected chi connectivity index (χ2v) is 4.67. The van der Waals surface area contributed by atoms with Crippen LogP contribution in [0.4, 0.5) is 0 Å². The van der Waals surface area contributed by atoms with Gasteiger partial charge < -0.3 is 15.2 Å². The first-order chi connectivity index (χ1) is 8.65. The Morgan fingerprint density at radius 1 is 1.33 bits per heavy atom. The average Bonchev–Trinajstić information content (AvgIpc) is 2.37. The third kappa shape index (κ3) is 2.34. The first-order valence-electron chi connectivity index (χ1n) is 6.31. The van der Waals surface area contributed by atoms with Crippen LogP contribution in [-0.2, 0) is 0 Å². The minimum Gasteiger partial charge on any atom is -0.486 e. The lowest BCUT2D eigenvalue weighted by molar-refractivity contribution is 0.0982. The number of carbonyl (C=O) groups excluding carboxylic acids is 1. The monoisotopic (exact) mass is 249 g/mol. The fourth-order valence-electron chi connectivity index (χ4n) is 2.22. The molecule has 1 aromatic rings. The summed E-state index contributed by atoms with van der Waals surface area (Å²) in [4.78, 5) is 12.1. The van der Waals surface area contributed by atoms with E-state index in [0.29, 0.717) is 31.7 Å². The minimum atomic E-state index is 0.0678. The third-order valence-corrected chi connectivity index (χ3v) is 3.00. The number of Topliss-reactive ketones (excluding diaryl/α,β-unsaturated/α-hetero) is 1. The number of rotatable bonds is 4. The lowest BCUT2D eigenvalue weighted by atomic mass is 9.92. The van der Waals surface area contributed by atoms with Crippen LogP contribution in [0.25, 0.3) is 0 Å². The molecular formula is C14H19NO3. The van der Waals surface area contributed by atoms with Crippen LogP contribution in [0.5, 0.6) is 11.5 Å². The molecular weight excluding hydrogens is 230 g/mol. The van der Waals surface area contributed by atoms with Crippen LogP contribution in [-0.4, -0.2) is 25.5 Å². The number of fused-ring (bicyclic) bond motifs is 1. The maximum Gasteiger partial charge on any atom is 0.165 e. The number of ether oxygens (including phenoxy) is 2. The number of carbonyl (C=O) groups is 1. The molecule has 1 aliphatic rings. The van der Waals surface area contributed by atoms with Crippen molar-refractivity contribution >= 4 is 5.78 Å². The highest BCUT2D eigenvalue weighted by atomic mass is 16.6. The van der Waals surface area contributed by atoms with Gasteiger partial charge in [0.05, 0.1) is 0 Å². The molecule has 0 unspecified atom stereocenters. The molecule has 0 saturated heterocycles. The van der Waals surface area contributed by atoms with Gasteiger partial charge in [-0.3, -0.25) is 4.79 Å². The third-order valence-electron chi connectivity index (χ3n) is 3.00. The number of ketones is 1. The van der Waals surface area contributed by atoms with E-state index in [1.54, 1.807) is 0 Å². The van der Waals surface area contributed by atoms with E-state index in [9.17, 15) is 4.79 Å². The molecule has 0 spiro atoms. The Hall–Kier alpha value is -1.55. The second-order valence-electron chi connectivity index (χ2n) is 4.67. The summed E-state index contributed by atoms with van der Waals surface area (Å²) in [6, 6.07) is 3.63. The smallest absolute Gasteiger partial charge is 0.165 e. The largest absolute Gasteiger partial charge is 0.486 e. The highest BCUT2D eigenvalue weighted by Gasteiger charge is 2.23. The predicted octanol–water partition coefficient (Wildman–Crippen LogP) is 2.11. The number of hydrogen-bond acceptors (Lipinski definition) is 4. The van der Waals surface area contributed by atoms with Crippen molar-refractivity contribution in [2.75, 3.05) is 19.8 Å². The van der Waals surface area contributed by atoms with Gasteiger partial charge >= 0.3 is 0 Å².